The lowest BCUT2D eigenvalue weighted by Gasteiger charge is -2.32. The molecule has 0 heterocycles. The Morgan fingerprint density at radius 1 is 1.62 bits per heavy atom. The number of hydrogen-bond acceptors (Lipinski definition) is 2. The lowest BCUT2D eigenvalue weighted by Crippen LogP contribution is -2.44. The summed E-state index contributed by atoms with van der Waals surface area (Å²) in [6.07, 6.45) is 6.02. The number of ketones is 1. The van der Waals surface area contributed by atoms with Crippen molar-refractivity contribution in [2.75, 3.05) is 0 Å². The summed E-state index contributed by atoms with van der Waals surface area (Å²) < 4.78 is 0. The number of rotatable bonds is 3. The van der Waals surface area contributed by atoms with Crippen LogP contribution in [0.5, 0.6) is 0 Å². The molecule has 0 amide bonds. The van der Waals surface area contributed by atoms with Gasteiger partial charge in [0.1, 0.15) is 5.60 Å². The Morgan fingerprint density at radius 2 is 2.31 bits per heavy atom. The number of aliphatic hydroxyl groups is 1. The number of carbonyl (C=O) groups is 1. The summed E-state index contributed by atoms with van der Waals surface area (Å²) in [6, 6.07) is 0. The van der Waals surface area contributed by atoms with E-state index in [2.05, 4.69) is 13.2 Å². The van der Waals surface area contributed by atoms with Gasteiger partial charge in [-0.3, -0.25) is 4.79 Å². The van der Waals surface area contributed by atoms with E-state index in [-0.39, 0.29) is 11.7 Å². The summed E-state index contributed by atoms with van der Waals surface area (Å²) in [4.78, 5) is 11.7. The monoisotopic (exact) mass is 180 g/mol. The van der Waals surface area contributed by atoms with Crippen LogP contribution < -0.4 is 0 Å². The Labute approximate surface area is 79.0 Å². The second kappa shape index (κ2) is 3.88. The van der Waals surface area contributed by atoms with Crippen molar-refractivity contribution in [2.45, 2.75) is 31.3 Å². The molecule has 1 N–H and O–H groups in total. The minimum atomic E-state index is -1.27. The van der Waals surface area contributed by atoms with Gasteiger partial charge in [0, 0.05) is 5.92 Å². The fourth-order valence-corrected chi connectivity index (χ4v) is 1.85. The Bertz CT molecular complexity index is 232. The summed E-state index contributed by atoms with van der Waals surface area (Å²) in [5.74, 6) is -0.150. The lowest BCUT2D eigenvalue weighted by molar-refractivity contribution is -0.140. The second-order valence-corrected chi connectivity index (χ2v) is 3.61. The topological polar surface area (TPSA) is 37.3 Å². The van der Waals surface area contributed by atoms with Gasteiger partial charge in [-0.1, -0.05) is 18.7 Å². The molecule has 72 valence electrons. The van der Waals surface area contributed by atoms with Crippen LogP contribution in [0.1, 0.15) is 25.7 Å². The van der Waals surface area contributed by atoms with Gasteiger partial charge in [0.2, 0.25) is 0 Å². The Balaban J connectivity index is 2.76. The minimum absolute atomic E-state index is 0.0609. The van der Waals surface area contributed by atoms with Crippen molar-refractivity contribution >= 4 is 5.78 Å². The van der Waals surface area contributed by atoms with Crippen molar-refractivity contribution in [1.29, 1.82) is 0 Å². The first-order valence-electron chi connectivity index (χ1n) is 4.65. The molecule has 0 saturated heterocycles. The maximum Gasteiger partial charge on any atom is 0.171 e. The van der Waals surface area contributed by atoms with E-state index in [1.807, 2.05) is 0 Å². The van der Waals surface area contributed by atoms with Gasteiger partial charge in [0.05, 0.1) is 0 Å². The zero-order chi connectivity index (χ0) is 9.90. The van der Waals surface area contributed by atoms with Crippen molar-refractivity contribution in [3.8, 4) is 0 Å². The predicted molar refractivity (Wildman–Crippen MR) is 52.3 cm³/mol. The molecule has 2 atom stereocenters. The van der Waals surface area contributed by atoms with Gasteiger partial charge in [-0.05, 0) is 25.7 Å². The van der Waals surface area contributed by atoms with Crippen molar-refractivity contribution in [1.82, 2.24) is 0 Å². The highest BCUT2D eigenvalue weighted by molar-refractivity contribution is 5.91. The zero-order valence-electron chi connectivity index (χ0n) is 7.83. The van der Waals surface area contributed by atoms with Crippen LogP contribution in [-0.2, 0) is 4.79 Å². The maximum atomic E-state index is 11.7. The average Bonchev–Trinajstić information content (AvgIpc) is 2.14. The van der Waals surface area contributed by atoms with Crippen molar-refractivity contribution < 1.29 is 9.90 Å². The normalized spacial score (nSPS) is 34.2. The third kappa shape index (κ3) is 1.89. The molecular formula is C11H16O2. The Kier molecular flexibility index (Phi) is 3.04. The third-order valence-electron chi connectivity index (χ3n) is 2.70. The molecule has 0 bridgehead atoms. The molecule has 0 spiro atoms. The number of Topliss-reactive ketones (excluding diaryl/α,β-unsaturated/α-hetero) is 1. The standard InChI is InChI=1S/C11H16O2/c1-3-6-9-7-5-8-11(13,4-2)10(9)12/h3-4,9,13H,1-2,5-8H2/t9-,11-/m1/s1. The molecule has 1 fully saturated rings. The summed E-state index contributed by atoms with van der Waals surface area (Å²) in [7, 11) is 0. The van der Waals surface area contributed by atoms with Crippen LogP contribution in [0, 0.1) is 5.92 Å². The van der Waals surface area contributed by atoms with Gasteiger partial charge in [-0.2, -0.15) is 0 Å². The van der Waals surface area contributed by atoms with E-state index in [4.69, 9.17) is 0 Å². The molecule has 0 aromatic heterocycles. The largest absolute Gasteiger partial charge is 0.378 e. The van der Waals surface area contributed by atoms with E-state index in [1.54, 1.807) is 6.08 Å². The second-order valence-electron chi connectivity index (χ2n) is 3.61. The van der Waals surface area contributed by atoms with E-state index in [9.17, 15) is 9.90 Å². The van der Waals surface area contributed by atoms with Crippen LogP contribution in [-0.4, -0.2) is 16.5 Å². The molecular weight excluding hydrogens is 164 g/mol. The molecule has 0 radical (unpaired) electrons. The van der Waals surface area contributed by atoms with Gasteiger partial charge in [0.25, 0.3) is 0 Å². The van der Waals surface area contributed by atoms with Gasteiger partial charge < -0.3 is 5.11 Å². The van der Waals surface area contributed by atoms with Gasteiger partial charge in [-0.25, -0.2) is 0 Å². The summed E-state index contributed by atoms with van der Waals surface area (Å²) in [5, 5.41) is 9.84. The first-order valence-corrected chi connectivity index (χ1v) is 4.65. The van der Waals surface area contributed by atoms with E-state index < -0.39 is 5.60 Å². The van der Waals surface area contributed by atoms with E-state index in [0.717, 1.165) is 12.8 Å². The van der Waals surface area contributed by atoms with Crippen molar-refractivity contribution in [2.24, 2.45) is 5.92 Å². The Morgan fingerprint density at radius 3 is 2.85 bits per heavy atom. The fraction of sp³-hybridized carbons (Fsp3) is 0.545. The minimum Gasteiger partial charge on any atom is -0.378 e. The first kappa shape index (κ1) is 10.2. The van der Waals surface area contributed by atoms with Crippen LogP contribution in [0.15, 0.2) is 25.3 Å². The van der Waals surface area contributed by atoms with Gasteiger partial charge >= 0.3 is 0 Å². The summed E-state index contributed by atoms with van der Waals surface area (Å²) >= 11 is 0. The van der Waals surface area contributed by atoms with E-state index >= 15 is 0 Å². The highest BCUT2D eigenvalue weighted by atomic mass is 16.3. The summed E-state index contributed by atoms with van der Waals surface area (Å²) in [5.41, 5.74) is -1.27. The van der Waals surface area contributed by atoms with Gasteiger partial charge in [-0.15, -0.1) is 6.58 Å². The molecule has 2 heteroatoms. The van der Waals surface area contributed by atoms with Crippen LogP contribution in [0.25, 0.3) is 0 Å². The predicted octanol–water partition coefficient (Wildman–Crippen LogP) is 1.85. The quantitative estimate of drug-likeness (QED) is 0.673. The summed E-state index contributed by atoms with van der Waals surface area (Å²) in [6.45, 7) is 7.11. The molecule has 2 nitrogen and oxygen atoms in total. The SMILES string of the molecule is C=CC[C@@H]1CCC[C@](O)(C=C)C1=O. The van der Waals surface area contributed by atoms with Gasteiger partial charge in [0.15, 0.2) is 5.78 Å². The molecule has 1 aliphatic carbocycles. The number of allylic oxidation sites excluding steroid dienone is 1. The maximum absolute atomic E-state index is 11.7. The van der Waals surface area contributed by atoms with Crippen LogP contribution in [0.2, 0.25) is 0 Å². The smallest absolute Gasteiger partial charge is 0.171 e. The van der Waals surface area contributed by atoms with E-state index in [0.29, 0.717) is 12.8 Å². The van der Waals surface area contributed by atoms with Crippen LogP contribution in [0.4, 0.5) is 0 Å². The van der Waals surface area contributed by atoms with Crippen LogP contribution in [0.3, 0.4) is 0 Å². The number of hydrogen-bond donors (Lipinski definition) is 1. The molecule has 0 aromatic rings. The number of carbonyl (C=O) groups excluding carboxylic acids is 1. The highest BCUT2D eigenvalue weighted by Crippen LogP contribution is 2.31. The van der Waals surface area contributed by atoms with Crippen molar-refractivity contribution in [3.63, 3.8) is 0 Å². The molecule has 1 aliphatic rings. The van der Waals surface area contributed by atoms with E-state index in [1.165, 1.54) is 6.08 Å². The molecule has 0 unspecified atom stereocenters. The zero-order valence-corrected chi connectivity index (χ0v) is 7.83. The first-order chi connectivity index (χ1) is 6.14. The van der Waals surface area contributed by atoms with Crippen LogP contribution >= 0.6 is 0 Å². The molecule has 1 saturated carbocycles. The molecule has 0 aliphatic heterocycles. The van der Waals surface area contributed by atoms with Crippen molar-refractivity contribution in [3.05, 3.63) is 25.3 Å². The average molecular weight is 180 g/mol. The third-order valence-corrected chi connectivity index (χ3v) is 2.70. The molecule has 13 heavy (non-hydrogen) atoms. The molecule has 1 rings (SSSR count). The fourth-order valence-electron chi connectivity index (χ4n) is 1.85. The highest BCUT2D eigenvalue weighted by Gasteiger charge is 2.39. The Hall–Kier alpha value is -0.890. The molecule has 0 aromatic carbocycles. The lowest BCUT2D eigenvalue weighted by atomic mass is 9.75.